The number of carbonyl (C=O) groups is 1. The third-order valence-corrected chi connectivity index (χ3v) is 1.57. The number of alkyl carbamates (subject to hydrolysis) is 1. The first-order chi connectivity index (χ1) is 7.89. The van der Waals surface area contributed by atoms with Gasteiger partial charge in [-0.15, -0.1) is 0 Å². The Bertz CT molecular complexity index is 325. The molecule has 96 valence electrons. The van der Waals surface area contributed by atoms with Crippen LogP contribution in [0.2, 0.25) is 0 Å². The molecule has 0 atom stereocenters. The lowest BCUT2D eigenvalue weighted by Gasteiger charge is -2.19. The van der Waals surface area contributed by atoms with Crippen LogP contribution in [0.1, 0.15) is 27.7 Å². The second kappa shape index (κ2) is 7.49. The Kier molecular flexibility index (Phi) is 6.70. The van der Waals surface area contributed by atoms with E-state index in [0.29, 0.717) is 6.54 Å². The molecular formula is C12H20N2O3. The van der Waals surface area contributed by atoms with Crippen LogP contribution in [-0.4, -0.2) is 29.7 Å². The molecule has 5 nitrogen and oxygen atoms in total. The Balaban J connectivity index is 4.27. The van der Waals surface area contributed by atoms with E-state index in [0.717, 1.165) is 5.57 Å². The van der Waals surface area contributed by atoms with Crippen molar-refractivity contribution in [2.75, 3.05) is 6.54 Å². The zero-order valence-electron chi connectivity index (χ0n) is 10.7. The van der Waals surface area contributed by atoms with E-state index in [4.69, 9.17) is 9.94 Å². The van der Waals surface area contributed by atoms with E-state index in [1.54, 1.807) is 32.9 Å². The average Bonchev–Trinajstić information content (AvgIpc) is 2.19. The van der Waals surface area contributed by atoms with E-state index < -0.39 is 11.7 Å². The Labute approximate surface area is 102 Å². The van der Waals surface area contributed by atoms with Gasteiger partial charge in [-0.25, -0.2) is 4.79 Å². The summed E-state index contributed by atoms with van der Waals surface area (Å²) < 4.78 is 5.09. The lowest BCUT2D eigenvalue weighted by molar-refractivity contribution is 0.0533. The molecule has 0 saturated heterocycles. The minimum atomic E-state index is -0.513. The van der Waals surface area contributed by atoms with Crippen molar-refractivity contribution in [3.05, 3.63) is 23.8 Å². The smallest absolute Gasteiger partial charge is 0.407 e. The molecule has 0 aliphatic rings. The third kappa shape index (κ3) is 9.17. The molecule has 0 heterocycles. The molecule has 0 saturated carbocycles. The first kappa shape index (κ1) is 15.2. The third-order valence-electron chi connectivity index (χ3n) is 1.57. The summed E-state index contributed by atoms with van der Waals surface area (Å²) >= 11 is 0. The molecule has 2 N–H and O–H groups in total. The van der Waals surface area contributed by atoms with E-state index in [2.05, 4.69) is 10.5 Å². The Morgan fingerprint density at radius 2 is 2.12 bits per heavy atom. The number of nitrogens with zero attached hydrogens (tertiary/aromatic N) is 1. The second-order valence-corrected chi connectivity index (χ2v) is 4.36. The lowest BCUT2D eigenvalue weighted by Crippen LogP contribution is -2.33. The van der Waals surface area contributed by atoms with Crippen LogP contribution >= 0.6 is 0 Å². The topological polar surface area (TPSA) is 70.9 Å². The molecule has 0 spiro atoms. The van der Waals surface area contributed by atoms with Crippen molar-refractivity contribution >= 4 is 12.3 Å². The van der Waals surface area contributed by atoms with Crippen molar-refractivity contribution in [2.24, 2.45) is 5.16 Å². The fourth-order valence-electron chi connectivity index (χ4n) is 1.00. The molecule has 0 unspecified atom stereocenters. The van der Waals surface area contributed by atoms with Crippen molar-refractivity contribution < 1.29 is 14.7 Å². The molecule has 0 aromatic carbocycles. The standard InChI is InChI=1S/C12H20N2O3/c1-5-6-10(7-8-14-16)9-13-11(15)17-12(2,3)4/h5-8,16H,9H2,1-4H3,(H,13,15)/b6-5-,10-7+,14-8+. The fraction of sp³-hybridized carbons (Fsp3) is 0.500. The van der Waals surface area contributed by atoms with Gasteiger partial charge in [-0.05, 0) is 39.3 Å². The van der Waals surface area contributed by atoms with E-state index >= 15 is 0 Å². The molecule has 0 aromatic rings. The van der Waals surface area contributed by atoms with Crippen LogP contribution in [-0.2, 0) is 4.74 Å². The minimum absolute atomic E-state index is 0.311. The molecule has 17 heavy (non-hydrogen) atoms. The normalized spacial score (nSPS) is 13.3. The molecule has 0 fully saturated rings. The summed E-state index contributed by atoms with van der Waals surface area (Å²) in [6, 6.07) is 0. The summed E-state index contributed by atoms with van der Waals surface area (Å²) in [6.45, 7) is 7.57. The predicted molar refractivity (Wildman–Crippen MR) is 67.4 cm³/mol. The summed E-state index contributed by atoms with van der Waals surface area (Å²) in [4.78, 5) is 11.4. The zero-order chi connectivity index (χ0) is 13.3. The van der Waals surface area contributed by atoms with Crippen molar-refractivity contribution in [3.63, 3.8) is 0 Å². The molecule has 0 bridgehead atoms. The van der Waals surface area contributed by atoms with Crippen LogP contribution in [0.3, 0.4) is 0 Å². The number of carbonyl (C=O) groups excluding carboxylic acids is 1. The zero-order valence-corrected chi connectivity index (χ0v) is 10.7. The van der Waals surface area contributed by atoms with Crippen LogP contribution in [0.25, 0.3) is 0 Å². The van der Waals surface area contributed by atoms with Gasteiger partial charge < -0.3 is 15.3 Å². The van der Waals surface area contributed by atoms with Gasteiger partial charge in [0.2, 0.25) is 0 Å². The van der Waals surface area contributed by atoms with E-state index in [1.165, 1.54) is 6.21 Å². The quantitative estimate of drug-likeness (QED) is 0.343. The van der Waals surface area contributed by atoms with Crippen LogP contribution < -0.4 is 5.32 Å². The van der Waals surface area contributed by atoms with Crippen LogP contribution in [0, 0.1) is 0 Å². The molecule has 0 rings (SSSR count). The van der Waals surface area contributed by atoms with Gasteiger partial charge in [0.1, 0.15) is 5.60 Å². The lowest BCUT2D eigenvalue weighted by atomic mass is 10.2. The maximum atomic E-state index is 11.4. The fourth-order valence-corrected chi connectivity index (χ4v) is 1.00. The van der Waals surface area contributed by atoms with Gasteiger partial charge in [0.05, 0.1) is 6.21 Å². The highest BCUT2D eigenvalue weighted by atomic mass is 16.6. The monoisotopic (exact) mass is 240 g/mol. The predicted octanol–water partition coefficient (Wildman–Crippen LogP) is 2.47. The Morgan fingerprint density at radius 1 is 1.47 bits per heavy atom. The molecule has 5 heteroatoms. The van der Waals surface area contributed by atoms with E-state index in [1.807, 2.05) is 13.0 Å². The number of oxime groups is 1. The summed E-state index contributed by atoms with van der Waals surface area (Å²) in [5.74, 6) is 0. The Hall–Kier alpha value is -1.78. The highest BCUT2D eigenvalue weighted by molar-refractivity contribution is 5.73. The second-order valence-electron chi connectivity index (χ2n) is 4.36. The van der Waals surface area contributed by atoms with E-state index in [-0.39, 0.29) is 0 Å². The number of amides is 1. The maximum Gasteiger partial charge on any atom is 0.407 e. The number of nitrogens with one attached hydrogen (secondary N) is 1. The first-order valence-electron chi connectivity index (χ1n) is 5.35. The summed E-state index contributed by atoms with van der Waals surface area (Å²) in [7, 11) is 0. The first-order valence-corrected chi connectivity index (χ1v) is 5.35. The molecule has 0 aliphatic heterocycles. The van der Waals surface area contributed by atoms with Gasteiger partial charge >= 0.3 is 6.09 Å². The number of hydrogen-bond acceptors (Lipinski definition) is 4. The molecule has 1 amide bonds. The van der Waals surface area contributed by atoms with Gasteiger partial charge in [0.15, 0.2) is 0 Å². The summed E-state index contributed by atoms with van der Waals surface area (Å²) in [6.07, 6.45) is 5.99. The average molecular weight is 240 g/mol. The van der Waals surface area contributed by atoms with Gasteiger partial charge in [-0.2, -0.15) is 0 Å². The Morgan fingerprint density at radius 3 is 2.59 bits per heavy atom. The molecular weight excluding hydrogens is 220 g/mol. The minimum Gasteiger partial charge on any atom is -0.444 e. The number of hydrogen-bond donors (Lipinski definition) is 2. The van der Waals surface area contributed by atoms with E-state index in [9.17, 15) is 4.79 Å². The molecule has 0 radical (unpaired) electrons. The number of rotatable bonds is 4. The summed E-state index contributed by atoms with van der Waals surface area (Å²) in [5, 5.41) is 13.8. The highest BCUT2D eigenvalue weighted by Crippen LogP contribution is 2.06. The van der Waals surface area contributed by atoms with Crippen molar-refractivity contribution in [3.8, 4) is 0 Å². The van der Waals surface area contributed by atoms with Gasteiger partial charge in [-0.3, -0.25) is 0 Å². The van der Waals surface area contributed by atoms with Crippen LogP contribution in [0.15, 0.2) is 29.0 Å². The van der Waals surface area contributed by atoms with Crippen molar-refractivity contribution in [2.45, 2.75) is 33.3 Å². The van der Waals surface area contributed by atoms with Crippen molar-refractivity contribution in [1.29, 1.82) is 0 Å². The van der Waals surface area contributed by atoms with Gasteiger partial charge in [-0.1, -0.05) is 17.3 Å². The summed E-state index contributed by atoms with van der Waals surface area (Å²) in [5.41, 5.74) is 0.289. The van der Waals surface area contributed by atoms with Crippen LogP contribution in [0.5, 0.6) is 0 Å². The van der Waals surface area contributed by atoms with Crippen molar-refractivity contribution in [1.82, 2.24) is 5.32 Å². The SMILES string of the molecule is C\C=C/C(=C\C=N\O)CNC(=O)OC(C)(C)C. The molecule has 0 aromatic heterocycles. The van der Waals surface area contributed by atoms with Crippen LogP contribution in [0.4, 0.5) is 4.79 Å². The highest BCUT2D eigenvalue weighted by Gasteiger charge is 2.15. The van der Waals surface area contributed by atoms with Gasteiger partial charge in [0, 0.05) is 6.54 Å². The maximum absolute atomic E-state index is 11.4. The number of ether oxygens (including phenoxy) is 1. The number of allylic oxidation sites excluding steroid dienone is 2. The molecule has 0 aliphatic carbocycles. The van der Waals surface area contributed by atoms with Gasteiger partial charge in [0.25, 0.3) is 0 Å². The largest absolute Gasteiger partial charge is 0.444 e.